The summed E-state index contributed by atoms with van der Waals surface area (Å²) in [4.78, 5) is 24.2. The molecule has 0 radical (unpaired) electrons. The van der Waals surface area contributed by atoms with Gasteiger partial charge in [-0.25, -0.2) is 0 Å². The van der Waals surface area contributed by atoms with Crippen LogP contribution in [0.25, 0.3) is 11.6 Å². The van der Waals surface area contributed by atoms with Crippen LogP contribution >= 0.6 is 0 Å². The molecule has 0 atom stereocenters. The van der Waals surface area contributed by atoms with E-state index in [2.05, 4.69) is 0 Å². The Balaban J connectivity index is 2.03. The molecule has 0 aromatic carbocycles. The summed E-state index contributed by atoms with van der Waals surface area (Å²) in [5.41, 5.74) is 4.76. The maximum Gasteiger partial charge on any atom is 0.737 e. The molecule has 0 amide bonds. The van der Waals surface area contributed by atoms with Gasteiger partial charge >= 0.3 is 6.97 Å². The lowest BCUT2D eigenvalue weighted by molar-refractivity contribution is -0.363. The molecule has 144 valence electrons. The van der Waals surface area contributed by atoms with Crippen molar-refractivity contribution in [1.82, 2.24) is 4.48 Å². The largest absolute Gasteiger partial charge is 0.737 e. The monoisotopic (exact) mass is 382 g/mol. The van der Waals surface area contributed by atoms with Gasteiger partial charge in [-0.1, -0.05) is 6.92 Å². The molecule has 0 unspecified atom stereocenters. The van der Waals surface area contributed by atoms with Crippen LogP contribution in [0.4, 0.5) is 8.63 Å². The molecule has 0 bridgehead atoms. The number of carbonyl (C=O) groups is 2. The second-order valence-corrected chi connectivity index (χ2v) is 7.53. The number of aromatic nitrogens is 1. The fraction of sp³-hybridized carbons (Fsp3) is 0.286. The first-order valence-electron chi connectivity index (χ1n) is 9.38. The van der Waals surface area contributed by atoms with Crippen molar-refractivity contribution in [2.45, 2.75) is 41.0 Å². The highest BCUT2D eigenvalue weighted by Crippen LogP contribution is 2.42. The second kappa shape index (κ2) is 5.83. The molecule has 7 heteroatoms. The third-order valence-electron chi connectivity index (χ3n) is 6.11. The summed E-state index contributed by atoms with van der Waals surface area (Å²) in [6, 6.07) is 0. The van der Waals surface area contributed by atoms with Crippen LogP contribution in [0.3, 0.4) is 0 Å². The van der Waals surface area contributed by atoms with Crippen molar-refractivity contribution in [3.05, 3.63) is 57.6 Å². The average Bonchev–Trinajstić information content (AvgIpc) is 3.02. The van der Waals surface area contributed by atoms with E-state index < -0.39 is 6.97 Å². The van der Waals surface area contributed by atoms with E-state index in [1.165, 1.54) is 18.2 Å². The Hall–Kier alpha value is -2.83. The van der Waals surface area contributed by atoms with Crippen LogP contribution in [0, 0.1) is 13.8 Å². The zero-order valence-electron chi connectivity index (χ0n) is 16.6. The quantitative estimate of drug-likeness (QED) is 0.574. The molecule has 4 rings (SSSR count). The first-order chi connectivity index (χ1) is 13.1. The minimum absolute atomic E-state index is 0.178. The zero-order chi connectivity index (χ0) is 20.5. The van der Waals surface area contributed by atoms with Crippen molar-refractivity contribution in [2.75, 3.05) is 0 Å². The number of hydrogen-bond donors (Lipinski definition) is 0. The van der Waals surface area contributed by atoms with Gasteiger partial charge in [0.25, 0.3) is 0 Å². The lowest BCUT2D eigenvalue weighted by Gasteiger charge is -2.30. The van der Waals surface area contributed by atoms with Gasteiger partial charge in [0.05, 0.1) is 0 Å². The topological polar surface area (TPSA) is 42.1 Å². The van der Waals surface area contributed by atoms with E-state index in [-0.39, 0.29) is 17.1 Å². The number of rotatable bonds is 2. The van der Waals surface area contributed by atoms with Gasteiger partial charge in [-0.3, -0.25) is 9.59 Å². The molecule has 0 saturated carbocycles. The van der Waals surface area contributed by atoms with Crippen LogP contribution in [-0.4, -0.2) is 33.2 Å². The van der Waals surface area contributed by atoms with Gasteiger partial charge in [0.1, 0.15) is 5.71 Å². The fourth-order valence-corrected chi connectivity index (χ4v) is 4.84. The van der Waals surface area contributed by atoms with Crippen molar-refractivity contribution in [2.24, 2.45) is 0 Å². The Morgan fingerprint density at radius 1 is 1.07 bits per heavy atom. The zero-order valence-corrected chi connectivity index (χ0v) is 16.6. The Morgan fingerprint density at radius 2 is 1.75 bits per heavy atom. The number of fused-ring (bicyclic) bond motifs is 2. The molecule has 1 aromatic rings. The predicted molar refractivity (Wildman–Crippen MR) is 106 cm³/mol. The summed E-state index contributed by atoms with van der Waals surface area (Å²) in [5, 5.41) is 0. The molecule has 28 heavy (non-hydrogen) atoms. The number of allylic oxidation sites excluding steroid dienone is 6. The molecule has 3 heterocycles. The smallest absolute Gasteiger partial charge is 0.393 e. The van der Waals surface area contributed by atoms with Gasteiger partial charge in [-0.2, -0.15) is 0 Å². The van der Waals surface area contributed by atoms with E-state index in [0.717, 1.165) is 20.1 Å². The maximum absolute atomic E-state index is 15.8. The predicted octanol–water partition coefficient (Wildman–Crippen LogP) is 3.99. The van der Waals surface area contributed by atoms with E-state index >= 15 is 8.63 Å². The molecule has 0 N–H and O–H groups in total. The Morgan fingerprint density at radius 3 is 2.39 bits per heavy atom. The number of hydrogen-bond acceptors (Lipinski definition) is 2. The molecular formula is C21H21BF2N2O2. The van der Waals surface area contributed by atoms with E-state index in [1.807, 2.05) is 13.8 Å². The molecule has 1 aliphatic carbocycles. The van der Waals surface area contributed by atoms with Crippen molar-refractivity contribution < 1.29 is 22.7 Å². The Kier molecular flexibility index (Phi) is 3.86. The number of carbonyl (C=O) groups excluding carboxylic acids is 2. The highest BCUT2D eigenvalue weighted by atomic mass is 19.2. The van der Waals surface area contributed by atoms with Gasteiger partial charge in [-0.05, 0) is 56.7 Å². The molecule has 1 aromatic heterocycles. The molecule has 0 fully saturated rings. The first kappa shape index (κ1) is 18.5. The SMILES string of the molecule is CCC1=C(C)C2=Cc3c(C)c(C4=CC(=O)C=CC4=O)c(C)n3[B-](F)(F)[N+]2=C1C. The maximum atomic E-state index is 15.8. The highest BCUT2D eigenvalue weighted by molar-refractivity contribution is 6.58. The van der Waals surface area contributed by atoms with Crippen LogP contribution < -0.4 is 0 Å². The highest BCUT2D eigenvalue weighted by Gasteiger charge is 2.54. The number of halogens is 2. The summed E-state index contributed by atoms with van der Waals surface area (Å²) >= 11 is 0. The van der Waals surface area contributed by atoms with E-state index in [0.29, 0.717) is 40.3 Å². The van der Waals surface area contributed by atoms with E-state index in [1.54, 1.807) is 26.8 Å². The van der Waals surface area contributed by atoms with Crippen molar-refractivity contribution in [3.63, 3.8) is 0 Å². The van der Waals surface area contributed by atoms with Crippen LogP contribution in [0.2, 0.25) is 0 Å². The number of ketones is 2. The summed E-state index contributed by atoms with van der Waals surface area (Å²) in [6.07, 6.45) is 6.10. The van der Waals surface area contributed by atoms with Crippen LogP contribution in [0.1, 0.15) is 49.7 Å². The summed E-state index contributed by atoms with van der Waals surface area (Å²) in [7, 11) is 0. The molecule has 0 spiro atoms. The van der Waals surface area contributed by atoms with Crippen molar-refractivity contribution in [1.29, 1.82) is 0 Å². The van der Waals surface area contributed by atoms with Crippen LogP contribution in [0.15, 0.2) is 35.1 Å². The van der Waals surface area contributed by atoms with Crippen LogP contribution in [-0.2, 0) is 9.59 Å². The summed E-state index contributed by atoms with van der Waals surface area (Å²) in [6.45, 7) is 4.77. The second-order valence-electron chi connectivity index (χ2n) is 7.53. The van der Waals surface area contributed by atoms with Crippen molar-refractivity contribution in [3.8, 4) is 0 Å². The van der Waals surface area contributed by atoms with Crippen molar-refractivity contribution >= 4 is 35.9 Å². The molecular weight excluding hydrogens is 361 g/mol. The number of nitrogens with zero attached hydrogens (tertiary/aromatic N) is 2. The average molecular weight is 382 g/mol. The molecule has 2 aliphatic heterocycles. The fourth-order valence-electron chi connectivity index (χ4n) is 4.84. The van der Waals surface area contributed by atoms with E-state index in [9.17, 15) is 9.59 Å². The summed E-state index contributed by atoms with van der Waals surface area (Å²) < 4.78 is 33.7. The van der Waals surface area contributed by atoms with E-state index in [4.69, 9.17) is 0 Å². The van der Waals surface area contributed by atoms with Gasteiger partial charge in [0.2, 0.25) is 0 Å². The minimum atomic E-state index is -4.12. The Bertz CT molecular complexity index is 1140. The normalized spacial score (nSPS) is 20.5. The first-order valence-corrected chi connectivity index (χ1v) is 9.38. The minimum Gasteiger partial charge on any atom is -0.393 e. The van der Waals surface area contributed by atoms with Gasteiger partial charge in [-0.15, -0.1) is 0 Å². The third kappa shape index (κ3) is 2.19. The van der Waals surface area contributed by atoms with Gasteiger partial charge in [0.15, 0.2) is 17.3 Å². The summed E-state index contributed by atoms with van der Waals surface area (Å²) in [5.74, 6) is -0.658. The Labute approximate surface area is 162 Å². The third-order valence-corrected chi connectivity index (χ3v) is 6.11. The standard InChI is InChI=1S/C21H21BF2N2O2/c1-6-16-11(2)18-10-19-12(3)21(17-9-15(27)7-8-20(17)28)14(5)26(19)22(23,24)25(18)13(16)4/h7-10H,6H2,1-5H3. The molecule has 4 nitrogen and oxygen atoms in total. The lowest BCUT2D eigenvalue weighted by atomic mass is 9.89. The van der Waals surface area contributed by atoms with Crippen LogP contribution in [0.5, 0.6) is 0 Å². The van der Waals surface area contributed by atoms with Gasteiger partial charge in [0, 0.05) is 41.0 Å². The lowest BCUT2D eigenvalue weighted by Crippen LogP contribution is -2.50. The molecule has 3 aliphatic rings. The van der Waals surface area contributed by atoms with Gasteiger partial charge < -0.3 is 17.6 Å². The molecule has 0 saturated heterocycles.